The van der Waals surface area contributed by atoms with Gasteiger partial charge in [0.15, 0.2) is 5.17 Å². The summed E-state index contributed by atoms with van der Waals surface area (Å²) in [6.07, 6.45) is 2.74. The van der Waals surface area contributed by atoms with Gasteiger partial charge in [0.1, 0.15) is 12.4 Å². The minimum absolute atomic E-state index is 0.0175. The molecule has 7 heteroatoms. The summed E-state index contributed by atoms with van der Waals surface area (Å²) in [5, 5.41) is 1.42. The van der Waals surface area contributed by atoms with Crippen molar-refractivity contribution in [1.29, 1.82) is 0 Å². The number of aliphatic imine (C=N–C) groups is 1. The van der Waals surface area contributed by atoms with Crippen molar-refractivity contribution >= 4 is 34.4 Å². The van der Waals surface area contributed by atoms with Crippen molar-refractivity contribution in [2.45, 2.75) is 25.6 Å². The Bertz CT molecular complexity index is 1320. The maximum atomic E-state index is 13.3. The summed E-state index contributed by atoms with van der Waals surface area (Å²) in [6.45, 7) is 6.79. The van der Waals surface area contributed by atoms with Gasteiger partial charge < -0.3 is 9.80 Å². The van der Waals surface area contributed by atoms with Gasteiger partial charge in [-0.1, -0.05) is 85.4 Å². The van der Waals surface area contributed by atoms with Crippen LogP contribution in [0.4, 0.5) is 4.39 Å². The van der Waals surface area contributed by atoms with E-state index in [1.165, 1.54) is 23.9 Å². The lowest BCUT2D eigenvalue weighted by atomic mass is 10.0. The highest BCUT2D eigenvalue weighted by molar-refractivity contribution is 8.13. The molecule has 190 valence electrons. The zero-order chi connectivity index (χ0) is 26.4. The van der Waals surface area contributed by atoms with Crippen molar-refractivity contribution in [3.05, 3.63) is 119 Å². The quantitative estimate of drug-likeness (QED) is 0.300. The fourth-order valence-electron chi connectivity index (χ4n) is 3.90. The lowest BCUT2D eigenvalue weighted by Gasteiger charge is -2.29. The number of amides is 1. The SMILES string of the molecule is C=C1N=C(SCc2ccc(F)cc2)N(CC(=O)N(C)Cc2ccc(-c3ccc(Cl)cc3)cc2)C=C1CC. The summed E-state index contributed by atoms with van der Waals surface area (Å²) in [7, 11) is 1.81. The minimum Gasteiger partial charge on any atom is -0.340 e. The van der Waals surface area contributed by atoms with E-state index in [1.54, 1.807) is 17.0 Å². The van der Waals surface area contributed by atoms with Crippen LogP contribution < -0.4 is 0 Å². The zero-order valence-electron chi connectivity index (χ0n) is 21.0. The van der Waals surface area contributed by atoms with E-state index < -0.39 is 0 Å². The predicted molar refractivity (Wildman–Crippen MR) is 153 cm³/mol. The van der Waals surface area contributed by atoms with Crippen LogP contribution in [0.15, 0.2) is 102 Å². The molecule has 1 aliphatic heterocycles. The normalized spacial score (nSPS) is 13.3. The van der Waals surface area contributed by atoms with Gasteiger partial charge in [-0.3, -0.25) is 4.79 Å². The zero-order valence-corrected chi connectivity index (χ0v) is 22.5. The number of allylic oxidation sites excluding steroid dienone is 1. The van der Waals surface area contributed by atoms with E-state index in [4.69, 9.17) is 11.6 Å². The smallest absolute Gasteiger partial charge is 0.242 e. The lowest BCUT2D eigenvalue weighted by Crippen LogP contribution is -2.39. The van der Waals surface area contributed by atoms with E-state index in [0.29, 0.717) is 28.2 Å². The highest BCUT2D eigenvalue weighted by Gasteiger charge is 2.22. The molecule has 4 nitrogen and oxygen atoms in total. The van der Waals surface area contributed by atoms with Crippen LogP contribution in [0.3, 0.4) is 0 Å². The molecule has 1 aliphatic rings. The third kappa shape index (κ3) is 7.12. The van der Waals surface area contributed by atoms with Crippen molar-refractivity contribution in [1.82, 2.24) is 9.80 Å². The lowest BCUT2D eigenvalue weighted by molar-refractivity contribution is -0.130. The topological polar surface area (TPSA) is 35.9 Å². The average molecular weight is 534 g/mol. The average Bonchev–Trinajstić information content (AvgIpc) is 2.90. The molecule has 0 fully saturated rings. The molecule has 1 heterocycles. The third-order valence-corrected chi connectivity index (χ3v) is 7.42. The van der Waals surface area contributed by atoms with Crippen molar-refractivity contribution in [2.75, 3.05) is 13.6 Å². The molecule has 1 amide bonds. The largest absolute Gasteiger partial charge is 0.340 e. The van der Waals surface area contributed by atoms with Gasteiger partial charge in [-0.15, -0.1) is 0 Å². The Labute approximate surface area is 227 Å². The number of likely N-dealkylation sites (N-methyl/N-ethyl adjacent to an activating group) is 1. The Balaban J connectivity index is 1.40. The van der Waals surface area contributed by atoms with Crippen LogP contribution in [-0.2, 0) is 17.1 Å². The van der Waals surface area contributed by atoms with Crippen LogP contribution in [0.1, 0.15) is 24.5 Å². The van der Waals surface area contributed by atoms with E-state index in [9.17, 15) is 9.18 Å². The van der Waals surface area contributed by atoms with E-state index in [1.807, 2.05) is 61.5 Å². The standard InChI is InChI=1S/C30H29ClFN3OS/c1-4-24-18-35(30(33-21(24)2)37-20-23-7-15-28(32)16-8-23)19-29(36)34(3)17-22-5-9-25(10-6-22)26-11-13-27(31)14-12-26/h5-16,18H,2,4,17,19-20H2,1,3H3. The van der Waals surface area contributed by atoms with Crippen LogP contribution in [0.5, 0.6) is 0 Å². The molecule has 4 rings (SSSR count). The molecule has 0 saturated heterocycles. The third-order valence-electron chi connectivity index (χ3n) is 6.10. The van der Waals surface area contributed by atoms with Crippen molar-refractivity contribution in [3.8, 4) is 11.1 Å². The summed E-state index contributed by atoms with van der Waals surface area (Å²) < 4.78 is 13.3. The number of carbonyl (C=O) groups is 1. The molecular weight excluding hydrogens is 505 g/mol. The highest BCUT2D eigenvalue weighted by Crippen LogP contribution is 2.27. The van der Waals surface area contributed by atoms with Gasteiger partial charge in [0.2, 0.25) is 5.91 Å². The van der Waals surface area contributed by atoms with E-state index in [0.717, 1.165) is 34.2 Å². The van der Waals surface area contributed by atoms with Crippen LogP contribution in [0.2, 0.25) is 5.02 Å². The van der Waals surface area contributed by atoms with Gasteiger partial charge in [0.05, 0.1) is 5.70 Å². The number of amidine groups is 1. The Morgan fingerprint density at radius 2 is 1.59 bits per heavy atom. The monoisotopic (exact) mass is 533 g/mol. The second kappa shape index (κ2) is 12.3. The number of benzene rings is 3. The van der Waals surface area contributed by atoms with Crippen molar-refractivity contribution < 1.29 is 9.18 Å². The van der Waals surface area contributed by atoms with Gasteiger partial charge >= 0.3 is 0 Å². The predicted octanol–water partition coefficient (Wildman–Crippen LogP) is 7.52. The number of hydrogen-bond acceptors (Lipinski definition) is 4. The van der Waals surface area contributed by atoms with Crippen LogP contribution in [-0.4, -0.2) is 34.5 Å². The molecule has 3 aromatic rings. The molecule has 0 N–H and O–H groups in total. The number of halogens is 2. The molecule has 0 aliphatic carbocycles. The Morgan fingerprint density at radius 3 is 2.22 bits per heavy atom. The molecule has 0 unspecified atom stereocenters. The number of hydrogen-bond donors (Lipinski definition) is 0. The molecule has 0 bridgehead atoms. The molecule has 0 spiro atoms. The van der Waals surface area contributed by atoms with Crippen LogP contribution in [0, 0.1) is 5.82 Å². The van der Waals surface area contributed by atoms with Gasteiger partial charge in [0, 0.05) is 30.6 Å². The Kier molecular flexibility index (Phi) is 8.85. The fraction of sp³-hybridized carbons (Fsp3) is 0.200. The molecule has 3 aromatic carbocycles. The Morgan fingerprint density at radius 1 is 1.00 bits per heavy atom. The maximum Gasteiger partial charge on any atom is 0.242 e. The van der Waals surface area contributed by atoms with Crippen LogP contribution in [0.25, 0.3) is 11.1 Å². The Hall–Kier alpha value is -3.35. The molecule has 0 aromatic heterocycles. The number of rotatable bonds is 8. The fourth-order valence-corrected chi connectivity index (χ4v) is 4.97. The number of nitrogens with zero attached hydrogens (tertiary/aromatic N) is 3. The van der Waals surface area contributed by atoms with Gasteiger partial charge in [-0.2, -0.15) is 0 Å². The molecule has 0 radical (unpaired) electrons. The second-order valence-electron chi connectivity index (χ2n) is 8.85. The van der Waals surface area contributed by atoms with E-state index >= 15 is 0 Å². The maximum absolute atomic E-state index is 13.3. The highest BCUT2D eigenvalue weighted by atomic mass is 35.5. The van der Waals surface area contributed by atoms with Gasteiger partial charge in [-0.25, -0.2) is 9.38 Å². The van der Waals surface area contributed by atoms with Crippen molar-refractivity contribution in [2.24, 2.45) is 4.99 Å². The first kappa shape index (κ1) is 26.7. The van der Waals surface area contributed by atoms with Gasteiger partial charge in [0.25, 0.3) is 0 Å². The first-order valence-corrected chi connectivity index (χ1v) is 13.4. The summed E-state index contributed by atoms with van der Waals surface area (Å²) in [6, 6.07) is 22.3. The summed E-state index contributed by atoms with van der Waals surface area (Å²) in [4.78, 5) is 21.5. The second-order valence-corrected chi connectivity index (χ2v) is 10.2. The summed E-state index contributed by atoms with van der Waals surface area (Å²) in [5.41, 5.74) is 5.93. The molecule has 37 heavy (non-hydrogen) atoms. The first-order chi connectivity index (χ1) is 17.8. The van der Waals surface area contributed by atoms with Crippen LogP contribution >= 0.6 is 23.4 Å². The van der Waals surface area contributed by atoms with Gasteiger partial charge in [-0.05, 0) is 58.5 Å². The number of carbonyl (C=O) groups excluding carboxylic acids is 1. The summed E-state index contributed by atoms with van der Waals surface area (Å²) >= 11 is 7.50. The summed E-state index contributed by atoms with van der Waals surface area (Å²) in [5.74, 6) is 0.334. The van der Waals surface area contributed by atoms with E-state index in [-0.39, 0.29) is 18.3 Å². The molecule has 0 saturated carbocycles. The first-order valence-electron chi connectivity index (χ1n) is 12.0. The number of thioether (sulfide) groups is 1. The van der Waals surface area contributed by atoms with Crippen molar-refractivity contribution in [3.63, 3.8) is 0 Å². The molecular formula is C30H29ClFN3OS. The molecule has 0 atom stereocenters. The van der Waals surface area contributed by atoms with E-state index in [2.05, 4.69) is 23.7 Å². The minimum atomic E-state index is -0.262.